The van der Waals surface area contributed by atoms with E-state index in [2.05, 4.69) is 23.8 Å². The van der Waals surface area contributed by atoms with Crippen molar-refractivity contribution >= 4 is 18.1 Å². The SMILES string of the molecule is CCOC(=O)C1=C(C)N=C2N=CC=CN2C1C(C)C. The Kier molecular flexibility index (Phi) is 3.83. The predicted octanol–water partition coefficient (Wildman–Crippen LogP) is 2.12. The normalized spacial score (nSPS) is 21.6. The van der Waals surface area contributed by atoms with E-state index in [1.807, 2.05) is 24.1 Å². The van der Waals surface area contributed by atoms with Gasteiger partial charge in [-0.3, -0.25) is 0 Å². The predicted molar refractivity (Wildman–Crippen MR) is 74.9 cm³/mol. The number of aliphatic imine (C=N–C) groups is 2. The Hall–Kier alpha value is -1.91. The molecular weight excluding hydrogens is 242 g/mol. The van der Waals surface area contributed by atoms with Crippen molar-refractivity contribution < 1.29 is 9.53 Å². The average molecular weight is 261 g/mol. The zero-order chi connectivity index (χ0) is 14.0. The molecule has 0 spiro atoms. The lowest BCUT2D eigenvalue weighted by Gasteiger charge is -2.37. The van der Waals surface area contributed by atoms with Gasteiger partial charge in [0, 0.05) is 12.4 Å². The van der Waals surface area contributed by atoms with E-state index in [9.17, 15) is 4.79 Å². The van der Waals surface area contributed by atoms with E-state index in [4.69, 9.17) is 4.74 Å². The summed E-state index contributed by atoms with van der Waals surface area (Å²) < 4.78 is 5.16. The Morgan fingerprint density at radius 2 is 2.26 bits per heavy atom. The van der Waals surface area contributed by atoms with Gasteiger partial charge in [-0.2, -0.15) is 0 Å². The fourth-order valence-electron chi connectivity index (χ4n) is 2.37. The molecule has 0 saturated heterocycles. The standard InChI is InChI=1S/C14H19N3O2/c1-5-19-13(18)11-10(4)16-14-15-7-6-8-17(14)12(11)9(2)3/h6-9,12H,5H2,1-4H3. The summed E-state index contributed by atoms with van der Waals surface area (Å²) in [5.41, 5.74) is 1.32. The van der Waals surface area contributed by atoms with E-state index in [0.29, 0.717) is 23.8 Å². The Labute approximate surface area is 113 Å². The van der Waals surface area contributed by atoms with Gasteiger partial charge in [-0.15, -0.1) is 0 Å². The lowest BCUT2D eigenvalue weighted by molar-refractivity contribution is -0.139. The van der Waals surface area contributed by atoms with Gasteiger partial charge in [0.1, 0.15) is 0 Å². The first-order chi connectivity index (χ1) is 9.06. The molecule has 0 aromatic carbocycles. The summed E-state index contributed by atoms with van der Waals surface area (Å²) in [5, 5.41) is 0. The third kappa shape index (κ3) is 2.45. The summed E-state index contributed by atoms with van der Waals surface area (Å²) in [7, 11) is 0. The molecule has 0 saturated carbocycles. The highest BCUT2D eigenvalue weighted by atomic mass is 16.5. The number of hydrogen-bond donors (Lipinski definition) is 0. The van der Waals surface area contributed by atoms with Gasteiger partial charge in [0.15, 0.2) is 0 Å². The quantitative estimate of drug-likeness (QED) is 0.731. The van der Waals surface area contributed by atoms with Crippen LogP contribution in [-0.2, 0) is 9.53 Å². The second-order valence-corrected chi connectivity index (χ2v) is 4.85. The van der Waals surface area contributed by atoms with Crippen molar-refractivity contribution in [1.82, 2.24) is 4.90 Å². The Morgan fingerprint density at radius 3 is 2.89 bits per heavy atom. The molecule has 0 radical (unpaired) electrons. The number of allylic oxidation sites excluding steroid dienone is 2. The number of guanidine groups is 1. The number of hydrogen-bond acceptors (Lipinski definition) is 5. The molecule has 2 rings (SSSR count). The molecule has 5 nitrogen and oxygen atoms in total. The van der Waals surface area contributed by atoms with Crippen LogP contribution in [0.2, 0.25) is 0 Å². The maximum Gasteiger partial charge on any atom is 0.337 e. The van der Waals surface area contributed by atoms with Gasteiger partial charge in [0.2, 0.25) is 5.96 Å². The van der Waals surface area contributed by atoms with Crippen molar-refractivity contribution in [3.8, 4) is 0 Å². The van der Waals surface area contributed by atoms with E-state index in [1.54, 1.807) is 13.1 Å². The highest BCUT2D eigenvalue weighted by molar-refractivity contribution is 5.99. The van der Waals surface area contributed by atoms with Gasteiger partial charge in [-0.05, 0) is 25.8 Å². The van der Waals surface area contributed by atoms with E-state index >= 15 is 0 Å². The minimum absolute atomic E-state index is 0.0831. The van der Waals surface area contributed by atoms with E-state index in [-0.39, 0.29) is 17.9 Å². The molecule has 2 heterocycles. The summed E-state index contributed by atoms with van der Waals surface area (Å²) in [6.45, 7) is 8.16. The number of esters is 1. The third-order valence-corrected chi connectivity index (χ3v) is 3.13. The maximum atomic E-state index is 12.2. The number of nitrogens with zero attached hydrogens (tertiary/aromatic N) is 3. The Balaban J connectivity index is 2.47. The fraction of sp³-hybridized carbons (Fsp3) is 0.500. The van der Waals surface area contributed by atoms with Crippen LogP contribution in [0.4, 0.5) is 0 Å². The van der Waals surface area contributed by atoms with E-state index < -0.39 is 0 Å². The third-order valence-electron chi connectivity index (χ3n) is 3.13. The molecule has 1 unspecified atom stereocenters. The minimum Gasteiger partial charge on any atom is -0.463 e. The Morgan fingerprint density at radius 1 is 1.53 bits per heavy atom. The van der Waals surface area contributed by atoms with Crippen LogP contribution in [0.15, 0.2) is 33.5 Å². The van der Waals surface area contributed by atoms with Gasteiger partial charge >= 0.3 is 5.97 Å². The second kappa shape index (κ2) is 5.38. The zero-order valence-corrected chi connectivity index (χ0v) is 11.8. The van der Waals surface area contributed by atoms with E-state index in [0.717, 1.165) is 0 Å². The number of fused-ring (bicyclic) bond motifs is 1. The summed E-state index contributed by atoms with van der Waals surface area (Å²) >= 11 is 0. The molecule has 2 aliphatic rings. The van der Waals surface area contributed by atoms with Crippen LogP contribution in [-0.4, -0.2) is 35.7 Å². The molecule has 0 N–H and O–H groups in total. The lowest BCUT2D eigenvalue weighted by Crippen LogP contribution is -2.46. The second-order valence-electron chi connectivity index (χ2n) is 4.85. The summed E-state index contributed by atoms with van der Waals surface area (Å²) in [4.78, 5) is 22.7. The van der Waals surface area contributed by atoms with Crippen LogP contribution in [0.1, 0.15) is 27.7 Å². The molecule has 0 aliphatic carbocycles. The summed E-state index contributed by atoms with van der Waals surface area (Å²) in [6, 6.07) is -0.0831. The molecule has 0 aromatic heterocycles. The van der Waals surface area contributed by atoms with Gasteiger partial charge in [0.05, 0.1) is 23.9 Å². The van der Waals surface area contributed by atoms with Gasteiger partial charge in [-0.1, -0.05) is 13.8 Å². The number of carbonyl (C=O) groups excluding carboxylic acids is 1. The van der Waals surface area contributed by atoms with Crippen molar-refractivity contribution in [2.75, 3.05) is 6.61 Å². The number of rotatable bonds is 3. The monoisotopic (exact) mass is 261 g/mol. The van der Waals surface area contributed by atoms with Crippen LogP contribution >= 0.6 is 0 Å². The van der Waals surface area contributed by atoms with Crippen molar-refractivity contribution in [3.63, 3.8) is 0 Å². The molecule has 102 valence electrons. The lowest BCUT2D eigenvalue weighted by atomic mass is 9.92. The fourth-order valence-corrected chi connectivity index (χ4v) is 2.37. The Bertz CT molecular complexity index is 501. The number of ether oxygens (including phenoxy) is 1. The van der Waals surface area contributed by atoms with Gasteiger partial charge in [-0.25, -0.2) is 14.8 Å². The molecule has 0 aromatic rings. The summed E-state index contributed by atoms with van der Waals surface area (Å²) in [5.74, 6) is 0.592. The molecule has 5 heteroatoms. The van der Waals surface area contributed by atoms with E-state index in [1.165, 1.54) is 0 Å². The molecule has 2 aliphatic heterocycles. The van der Waals surface area contributed by atoms with Gasteiger partial charge < -0.3 is 9.64 Å². The molecule has 1 atom stereocenters. The highest BCUT2D eigenvalue weighted by Crippen LogP contribution is 2.30. The van der Waals surface area contributed by atoms with Crippen LogP contribution in [0.3, 0.4) is 0 Å². The zero-order valence-electron chi connectivity index (χ0n) is 11.8. The minimum atomic E-state index is -0.288. The molecular formula is C14H19N3O2. The van der Waals surface area contributed by atoms with Gasteiger partial charge in [0.25, 0.3) is 0 Å². The first-order valence-electron chi connectivity index (χ1n) is 6.52. The van der Waals surface area contributed by atoms with Crippen molar-refractivity contribution in [1.29, 1.82) is 0 Å². The molecule has 19 heavy (non-hydrogen) atoms. The largest absolute Gasteiger partial charge is 0.463 e. The smallest absolute Gasteiger partial charge is 0.337 e. The van der Waals surface area contributed by atoms with Crippen LogP contribution < -0.4 is 0 Å². The molecule has 0 amide bonds. The van der Waals surface area contributed by atoms with Crippen molar-refractivity contribution in [3.05, 3.63) is 23.5 Å². The molecule has 0 bridgehead atoms. The summed E-state index contributed by atoms with van der Waals surface area (Å²) in [6.07, 6.45) is 5.45. The van der Waals surface area contributed by atoms with Crippen LogP contribution in [0.25, 0.3) is 0 Å². The number of carbonyl (C=O) groups is 1. The first kappa shape index (κ1) is 13.5. The van der Waals surface area contributed by atoms with Crippen molar-refractivity contribution in [2.45, 2.75) is 33.7 Å². The van der Waals surface area contributed by atoms with Crippen molar-refractivity contribution in [2.24, 2.45) is 15.9 Å². The topological polar surface area (TPSA) is 54.3 Å². The average Bonchev–Trinajstić information content (AvgIpc) is 2.37. The van der Waals surface area contributed by atoms with Crippen LogP contribution in [0.5, 0.6) is 0 Å². The molecule has 0 fully saturated rings. The maximum absolute atomic E-state index is 12.2. The first-order valence-corrected chi connectivity index (χ1v) is 6.52. The van der Waals surface area contributed by atoms with Crippen LogP contribution in [0, 0.1) is 5.92 Å². The highest BCUT2D eigenvalue weighted by Gasteiger charge is 2.36.